The van der Waals surface area contributed by atoms with Gasteiger partial charge >= 0.3 is 0 Å². The van der Waals surface area contributed by atoms with Crippen LogP contribution < -0.4 is 9.47 Å². The van der Waals surface area contributed by atoms with E-state index in [4.69, 9.17) is 9.47 Å². The Morgan fingerprint density at radius 2 is 1.67 bits per heavy atom. The van der Waals surface area contributed by atoms with E-state index in [1.807, 2.05) is 36.4 Å². The van der Waals surface area contributed by atoms with Gasteiger partial charge in [0.05, 0.1) is 12.7 Å². The monoisotopic (exact) mass is 439 g/mol. The molecule has 0 fully saturated rings. The number of hydrogen-bond acceptors (Lipinski definition) is 4. The SMILES string of the molecule is COc1cc(Cc2cc(Oc3ccc(C(C)(C)C)c4ccccc34)ccn2)ccc1C(C)=O. The maximum absolute atomic E-state index is 11.8. The first kappa shape index (κ1) is 22.5. The lowest BCUT2D eigenvalue weighted by Gasteiger charge is -2.22. The minimum Gasteiger partial charge on any atom is -0.496 e. The van der Waals surface area contributed by atoms with Crippen LogP contribution in [0.25, 0.3) is 10.8 Å². The first-order chi connectivity index (χ1) is 15.8. The van der Waals surface area contributed by atoms with Crippen LogP contribution >= 0.6 is 0 Å². The number of Topliss-reactive ketones (excluding diaryl/α,β-unsaturated/α-hetero) is 1. The number of aromatic nitrogens is 1. The second kappa shape index (κ2) is 9.07. The normalized spacial score (nSPS) is 11.4. The van der Waals surface area contributed by atoms with Crippen molar-refractivity contribution < 1.29 is 14.3 Å². The highest BCUT2D eigenvalue weighted by Gasteiger charge is 2.18. The zero-order valence-electron chi connectivity index (χ0n) is 19.8. The molecular formula is C29H29NO3. The van der Waals surface area contributed by atoms with Crippen LogP contribution in [0.5, 0.6) is 17.2 Å². The van der Waals surface area contributed by atoms with Gasteiger partial charge in [-0.3, -0.25) is 9.78 Å². The van der Waals surface area contributed by atoms with E-state index in [0.717, 1.165) is 28.1 Å². The van der Waals surface area contributed by atoms with Crippen molar-refractivity contribution in [3.05, 3.63) is 95.3 Å². The molecule has 1 heterocycles. The minimum atomic E-state index is -0.0170. The van der Waals surface area contributed by atoms with E-state index < -0.39 is 0 Å². The molecule has 0 bridgehead atoms. The number of carbonyl (C=O) groups is 1. The molecule has 4 aromatic rings. The van der Waals surface area contributed by atoms with Gasteiger partial charge in [0.25, 0.3) is 0 Å². The van der Waals surface area contributed by atoms with Crippen molar-refractivity contribution in [3.8, 4) is 17.2 Å². The van der Waals surface area contributed by atoms with Crippen LogP contribution in [0, 0.1) is 0 Å². The molecule has 3 aromatic carbocycles. The van der Waals surface area contributed by atoms with E-state index in [9.17, 15) is 4.79 Å². The molecule has 0 saturated heterocycles. The fraction of sp³-hybridized carbons (Fsp3) is 0.241. The average molecular weight is 440 g/mol. The highest BCUT2D eigenvalue weighted by Crippen LogP contribution is 2.37. The maximum atomic E-state index is 11.8. The molecule has 168 valence electrons. The summed E-state index contributed by atoms with van der Waals surface area (Å²) in [5.74, 6) is 2.12. The van der Waals surface area contributed by atoms with Gasteiger partial charge in [0.2, 0.25) is 0 Å². The van der Waals surface area contributed by atoms with Crippen LogP contribution in [0.15, 0.2) is 72.9 Å². The van der Waals surface area contributed by atoms with E-state index in [1.54, 1.807) is 19.4 Å². The summed E-state index contributed by atoms with van der Waals surface area (Å²) < 4.78 is 11.7. The molecule has 0 N–H and O–H groups in total. The first-order valence-electron chi connectivity index (χ1n) is 11.1. The number of methoxy groups -OCH3 is 1. The second-order valence-corrected chi connectivity index (χ2v) is 9.26. The largest absolute Gasteiger partial charge is 0.496 e. The third-order valence-electron chi connectivity index (χ3n) is 5.74. The molecule has 33 heavy (non-hydrogen) atoms. The van der Waals surface area contributed by atoms with E-state index in [0.29, 0.717) is 17.7 Å². The molecule has 0 aliphatic rings. The van der Waals surface area contributed by atoms with Crippen molar-refractivity contribution in [2.45, 2.75) is 39.5 Å². The number of rotatable bonds is 6. The van der Waals surface area contributed by atoms with Crippen LogP contribution in [0.4, 0.5) is 0 Å². The van der Waals surface area contributed by atoms with E-state index in [1.165, 1.54) is 17.9 Å². The Balaban J connectivity index is 1.62. The molecule has 4 rings (SSSR count). The van der Waals surface area contributed by atoms with Crippen LogP contribution in [-0.4, -0.2) is 17.9 Å². The third-order valence-corrected chi connectivity index (χ3v) is 5.74. The highest BCUT2D eigenvalue weighted by molar-refractivity contribution is 5.97. The first-order valence-corrected chi connectivity index (χ1v) is 11.1. The van der Waals surface area contributed by atoms with Crippen molar-refractivity contribution in [2.24, 2.45) is 0 Å². The number of ether oxygens (including phenoxy) is 2. The molecule has 0 unspecified atom stereocenters. The topological polar surface area (TPSA) is 48.4 Å². The number of nitrogens with zero attached hydrogens (tertiary/aromatic N) is 1. The average Bonchev–Trinajstić information content (AvgIpc) is 2.78. The number of benzene rings is 3. The molecule has 0 amide bonds. The van der Waals surface area contributed by atoms with Crippen LogP contribution in [-0.2, 0) is 11.8 Å². The van der Waals surface area contributed by atoms with Gasteiger partial charge in [-0.15, -0.1) is 0 Å². The Hall–Kier alpha value is -3.66. The molecule has 0 atom stereocenters. The fourth-order valence-corrected chi connectivity index (χ4v) is 4.10. The van der Waals surface area contributed by atoms with E-state index in [2.05, 4.69) is 50.0 Å². The van der Waals surface area contributed by atoms with Gasteiger partial charge < -0.3 is 9.47 Å². The lowest BCUT2D eigenvalue weighted by atomic mass is 9.83. The molecule has 0 spiro atoms. The molecule has 0 aliphatic carbocycles. The van der Waals surface area contributed by atoms with Gasteiger partial charge in [-0.2, -0.15) is 0 Å². The van der Waals surface area contributed by atoms with Crippen molar-refractivity contribution in [3.63, 3.8) is 0 Å². The lowest BCUT2D eigenvalue weighted by Crippen LogP contribution is -2.11. The number of pyridine rings is 1. The smallest absolute Gasteiger partial charge is 0.163 e. The summed E-state index contributed by atoms with van der Waals surface area (Å²) in [6.45, 7) is 8.21. The molecule has 1 aromatic heterocycles. The number of carbonyl (C=O) groups excluding carboxylic acids is 1. The summed E-state index contributed by atoms with van der Waals surface area (Å²) in [6.07, 6.45) is 2.37. The highest BCUT2D eigenvalue weighted by atomic mass is 16.5. The molecule has 0 saturated carbocycles. The Bertz CT molecular complexity index is 1320. The Kier molecular flexibility index (Phi) is 6.19. The molecule has 4 heteroatoms. The van der Waals surface area contributed by atoms with Gasteiger partial charge in [0.1, 0.15) is 17.2 Å². The summed E-state index contributed by atoms with van der Waals surface area (Å²) in [7, 11) is 1.58. The zero-order chi connectivity index (χ0) is 23.6. The van der Waals surface area contributed by atoms with Crippen molar-refractivity contribution in [2.75, 3.05) is 7.11 Å². The molecule has 0 aliphatic heterocycles. The van der Waals surface area contributed by atoms with Crippen LogP contribution in [0.1, 0.15) is 54.9 Å². The summed E-state index contributed by atoms with van der Waals surface area (Å²) in [5.41, 5.74) is 3.81. The van der Waals surface area contributed by atoms with Crippen molar-refractivity contribution >= 4 is 16.6 Å². The van der Waals surface area contributed by atoms with Crippen molar-refractivity contribution in [1.82, 2.24) is 4.98 Å². The van der Waals surface area contributed by atoms with Gasteiger partial charge in [0, 0.05) is 29.8 Å². The Labute approximate surface area is 195 Å². The minimum absolute atomic E-state index is 0.0170. The fourth-order valence-electron chi connectivity index (χ4n) is 4.10. The standard InChI is InChI=1S/C29H29NO3/c1-19(31)23-11-10-20(17-28(23)32-5)16-21-18-22(14-15-30-21)33-27-13-12-26(29(2,3)4)24-8-6-7-9-25(24)27/h6-15,17-18H,16H2,1-5H3. The zero-order valence-corrected chi connectivity index (χ0v) is 19.8. The number of ketones is 1. The maximum Gasteiger partial charge on any atom is 0.163 e. The Morgan fingerprint density at radius 3 is 2.36 bits per heavy atom. The summed E-state index contributed by atoms with van der Waals surface area (Å²) >= 11 is 0. The van der Waals surface area contributed by atoms with Gasteiger partial charge in [0.15, 0.2) is 5.78 Å². The van der Waals surface area contributed by atoms with Gasteiger partial charge in [-0.25, -0.2) is 0 Å². The summed E-state index contributed by atoms with van der Waals surface area (Å²) in [5, 5.41) is 2.29. The van der Waals surface area contributed by atoms with E-state index >= 15 is 0 Å². The third kappa shape index (κ3) is 4.90. The number of hydrogen-bond donors (Lipinski definition) is 0. The second-order valence-electron chi connectivity index (χ2n) is 9.26. The summed E-state index contributed by atoms with van der Waals surface area (Å²) in [4.78, 5) is 16.3. The quantitative estimate of drug-likeness (QED) is 0.300. The van der Waals surface area contributed by atoms with Gasteiger partial charge in [-0.05, 0) is 53.1 Å². The predicted molar refractivity (Wildman–Crippen MR) is 133 cm³/mol. The van der Waals surface area contributed by atoms with Crippen LogP contribution in [0.2, 0.25) is 0 Å². The molecular weight excluding hydrogens is 410 g/mol. The van der Waals surface area contributed by atoms with E-state index in [-0.39, 0.29) is 11.2 Å². The van der Waals surface area contributed by atoms with Crippen molar-refractivity contribution in [1.29, 1.82) is 0 Å². The number of fused-ring (bicyclic) bond motifs is 1. The lowest BCUT2D eigenvalue weighted by molar-refractivity contribution is 0.101. The van der Waals surface area contributed by atoms with Crippen LogP contribution in [0.3, 0.4) is 0 Å². The van der Waals surface area contributed by atoms with Gasteiger partial charge in [-0.1, -0.05) is 57.2 Å². The molecule has 4 nitrogen and oxygen atoms in total. The molecule has 0 radical (unpaired) electrons. The Morgan fingerprint density at radius 1 is 0.909 bits per heavy atom. The predicted octanol–water partition coefficient (Wildman–Crippen LogP) is 7.13. The summed E-state index contributed by atoms with van der Waals surface area (Å²) in [6, 6.07) is 22.0.